The van der Waals surface area contributed by atoms with Crippen LogP contribution in [0.4, 0.5) is 0 Å². The highest BCUT2D eigenvalue weighted by molar-refractivity contribution is 7.89. The Kier molecular flexibility index (Phi) is 6.54. The van der Waals surface area contributed by atoms with Gasteiger partial charge in [0, 0.05) is 32.2 Å². The lowest BCUT2D eigenvalue weighted by atomic mass is 10.2. The van der Waals surface area contributed by atoms with E-state index in [0.717, 1.165) is 11.6 Å². The van der Waals surface area contributed by atoms with Crippen molar-refractivity contribution in [2.45, 2.75) is 18.7 Å². The van der Waals surface area contributed by atoms with Crippen LogP contribution in [0.2, 0.25) is 0 Å². The molecule has 0 N–H and O–H groups in total. The minimum absolute atomic E-state index is 0.134. The normalized spacial score (nSPS) is 14.8. The van der Waals surface area contributed by atoms with Gasteiger partial charge in [-0.2, -0.15) is 4.31 Å². The molecule has 1 fully saturated rings. The first-order valence-electron chi connectivity index (χ1n) is 10.7. The van der Waals surface area contributed by atoms with Crippen LogP contribution in [0.15, 0.2) is 62.6 Å². The lowest BCUT2D eigenvalue weighted by Crippen LogP contribution is -2.51. The molecule has 0 radical (unpaired) electrons. The average molecular weight is 485 g/mol. The van der Waals surface area contributed by atoms with E-state index in [1.807, 2.05) is 13.0 Å². The summed E-state index contributed by atoms with van der Waals surface area (Å²) in [7, 11) is -3.67. The van der Waals surface area contributed by atoms with Crippen molar-refractivity contribution < 1.29 is 27.2 Å². The van der Waals surface area contributed by atoms with Crippen LogP contribution in [-0.4, -0.2) is 62.3 Å². The molecule has 2 heterocycles. The predicted octanol–water partition coefficient (Wildman–Crippen LogP) is 2.10. The lowest BCUT2D eigenvalue weighted by Gasteiger charge is -2.34. The molecule has 2 aromatic carbocycles. The highest BCUT2D eigenvalue weighted by atomic mass is 32.2. The minimum Gasteiger partial charge on any atom is -0.450 e. The Hall–Kier alpha value is -3.50. The van der Waals surface area contributed by atoms with E-state index >= 15 is 0 Å². The van der Waals surface area contributed by atoms with Gasteiger partial charge in [-0.1, -0.05) is 29.8 Å². The van der Waals surface area contributed by atoms with Gasteiger partial charge in [-0.3, -0.25) is 9.59 Å². The molecule has 10 heteroatoms. The van der Waals surface area contributed by atoms with E-state index in [1.54, 1.807) is 43.3 Å². The number of fused-ring (bicyclic) bond motifs is 1. The topological polar surface area (TPSA) is 114 Å². The van der Waals surface area contributed by atoms with Crippen LogP contribution in [0.25, 0.3) is 11.0 Å². The number of para-hydroxylation sites is 1. The van der Waals surface area contributed by atoms with Crippen LogP contribution < -0.4 is 5.43 Å². The Morgan fingerprint density at radius 1 is 1.00 bits per heavy atom. The largest absolute Gasteiger partial charge is 0.450 e. The number of hydrogen-bond acceptors (Lipinski definition) is 7. The number of ether oxygens (including phenoxy) is 1. The summed E-state index contributed by atoms with van der Waals surface area (Å²) in [4.78, 5) is 38.7. The van der Waals surface area contributed by atoms with Crippen molar-refractivity contribution >= 4 is 32.9 Å². The Balaban J connectivity index is 1.35. The number of carbonyl (C=O) groups excluding carboxylic acids is 2. The van der Waals surface area contributed by atoms with Gasteiger partial charge in [0.25, 0.3) is 5.91 Å². The SMILES string of the molecule is Cc1ccc(S(=O)(=O)N2CCN(C(=O)COC(=O)c3cc(=O)c4ccccc4o3)CC2)c(C)c1. The van der Waals surface area contributed by atoms with Gasteiger partial charge in [-0.25, -0.2) is 13.2 Å². The maximum absolute atomic E-state index is 13.0. The lowest BCUT2D eigenvalue weighted by molar-refractivity contribution is -0.135. The van der Waals surface area contributed by atoms with Gasteiger partial charge in [0.05, 0.1) is 10.3 Å². The maximum Gasteiger partial charge on any atom is 0.374 e. The fourth-order valence-electron chi connectivity index (χ4n) is 3.90. The van der Waals surface area contributed by atoms with E-state index in [0.29, 0.717) is 10.9 Å². The number of rotatable bonds is 5. The van der Waals surface area contributed by atoms with Crippen molar-refractivity contribution in [2.75, 3.05) is 32.8 Å². The van der Waals surface area contributed by atoms with Crippen molar-refractivity contribution in [1.29, 1.82) is 0 Å². The van der Waals surface area contributed by atoms with Crippen LogP contribution in [0.3, 0.4) is 0 Å². The number of amides is 1. The fraction of sp³-hybridized carbons (Fsp3) is 0.292. The van der Waals surface area contributed by atoms with E-state index in [1.165, 1.54) is 9.21 Å². The molecule has 1 aliphatic heterocycles. The third-order valence-corrected chi connectivity index (χ3v) is 7.76. The summed E-state index contributed by atoms with van der Waals surface area (Å²) in [6.45, 7) is 3.72. The Morgan fingerprint density at radius 3 is 2.41 bits per heavy atom. The number of benzene rings is 2. The molecule has 0 atom stereocenters. The summed E-state index contributed by atoms with van der Waals surface area (Å²) in [5.41, 5.74) is 1.51. The number of sulfonamides is 1. The molecule has 34 heavy (non-hydrogen) atoms. The molecule has 1 amide bonds. The number of aryl methyl sites for hydroxylation is 2. The molecule has 0 unspecified atom stereocenters. The molecule has 9 nitrogen and oxygen atoms in total. The molecule has 1 saturated heterocycles. The fourth-order valence-corrected chi connectivity index (χ4v) is 5.53. The second-order valence-corrected chi connectivity index (χ2v) is 10.0. The maximum atomic E-state index is 13.0. The molecule has 178 valence electrons. The first-order valence-corrected chi connectivity index (χ1v) is 12.2. The van der Waals surface area contributed by atoms with Gasteiger partial charge in [-0.15, -0.1) is 0 Å². The van der Waals surface area contributed by atoms with Crippen molar-refractivity contribution in [3.63, 3.8) is 0 Å². The third kappa shape index (κ3) is 4.73. The van der Waals surface area contributed by atoms with E-state index in [2.05, 4.69) is 0 Å². The molecule has 1 aliphatic rings. The van der Waals surface area contributed by atoms with Gasteiger partial charge in [-0.05, 0) is 37.6 Å². The van der Waals surface area contributed by atoms with Crippen molar-refractivity contribution in [1.82, 2.24) is 9.21 Å². The minimum atomic E-state index is -3.67. The zero-order valence-corrected chi connectivity index (χ0v) is 19.6. The summed E-state index contributed by atoms with van der Waals surface area (Å²) in [6, 6.07) is 12.7. The number of esters is 1. The molecular formula is C24H24N2O7S. The van der Waals surface area contributed by atoms with Crippen molar-refractivity contribution in [3.05, 3.63) is 75.6 Å². The van der Waals surface area contributed by atoms with Gasteiger partial charge < -0.3 is 14.1 Å². The van der Waals surface area contributed by atoms with E-state index < -0.39 is 28.5 Å². The zero-order valence-electron chi connectivity index (χ0n) is 18.8. The Bertz CT molecular complexity index is 1420. The van der Waals surface area contributed by atoms with Crippen molar-refractivity contribution in [2.24, 2.45) is 0 Å². The van der Waals surface area contributed by atoms with E-state index in [-0.39, 0.29) is 47.8 Å². The number of hydrogen-bond donors (Lipinski definition) is 0. The van der Waals surface area contributed by atoms with Gasteiger partial charge in [0.1, 0.15) is 5.58 Å². The summed E-state index contributed by atoms with van der Waals surface area (Å²) >= 11 is 0. The standard InChI is InChI=1S/C24H24N2O7S/c1-16-7-8-22(17(2)13-16)34(30,31)26-11-9-25(10-12-26)23(28)15-32-24(29)21-14-19(27)18-5-3-4-6-20(18)33-21/h3-8,13-14H,9-12,15H2,1-2H3. The van der Waals surface area contributed by atoms with Gasteiger partial charge in [0.15, 0.2) is 12.0 Å². The molecule has 3 aromatic rings. The first kappa shape index (κ1) is 23.7. The monoisotopic (exact) mass is 484 g/mol. The summed E-state index contributed by atoms with van der Waals surface area (Å²) in [6.07, 6.45) is 0. The summed E-state index contributed by atoms with van der Waals surface area (Å²) in [5, 5.41) is 0.337. The first-order chi connectivity index (χ1) is 16.2. The number of piperazine rings is 1. The molecule has 0 bridgehead atoms. The highest BCUT2D eigenvalue weighted by Crippen LogP contribution is 2.22. The van der Waals surface area contributed by atoms with Crippen molar-refractivity contribution in [3.8, 4) is 0 Å². The highest BCUT2D eigenvalue weighted by Gasteiger charge is 2.31. The zero-order chi connectivity index (χ0) is 24.5. The molecule has 0 aliphatic carbocycles. The molecule has 0 spiro atoms. The predicted molar refractivity (Wildman–Crippen MR) is 124 cm³/mol. The smallest absolute Gasteiger partial charge is 0.374 e. The molecule has 0 saturated carbocycles. The number of carbonyl (C=O) groups is 2. The summed E-state index contributed by atoms with van der Waals surface area (Å²) < 4.78 is 37.8. The van der Waals surface area contributed by atoms with Gasteiger partial charge >= 0.3 is 5.97 Å². The summed E-state index contributed by atoms with van der Waals surface area (Å²) in [5.74, 6) is -1.67. The molecular weight excluding hydrogens is 460 g/mol. The van der Waals surface area contributed by atoms with Crippen LogP contribution in [-0.2, 0) is 19.6 Å². The quantitative estimate of drug-likeness (QED) is 0.510. The Morgan fingerprint density at radius 2 is 1.71 bits per heavy atom. The van der Waals surface area contributed by atoms with E-state index in [9.17, 15) is 22.8 Å². The van der Waals surface area contributed by atoms with E-state index in [4.69, 9.17) is 9.15 Å². The molecule has 1 aromatic heterocycles. The third-order valence-electron chi connectivity index (χ3n) is 5.70. The molecule has 4 rings (SSSR count). The second kappa shape index (κ2) is 9.40. The van der Waals surface area contributed by atoms with Crippen LogP contribution in [0.1, 0.15) is 21.7 Å². The second-order valence-electron chi connectivity index (χ2n) is 8.10. The van der Waals surface area contributed by atoms with Crippen LogP contribution >= 0.6 is 0 Å². The number of nitrogens with zero attached hydrogens (tertiary/aromatic N) is 2. The van der Waals surface area contributed by atoms with Crippen LogP contribution in [0, 0.1) is 13.8 Å². The Labute approximate surface area is 196 Å². The average Bonchev–Trinajstić information content (AvgIpc) is 2.82. The van der Waals surface area contributed by atoms with Crippen LogP contribution in [0.5, 0.6) is 0 Å². The van der Waals surface area contributed by atoms with Gasteiger partial charge in [0.2, 0.25) is 15.8 Å².